The second-order valence-corrected chi connectivity index (χ2v) is 5.08. The Bertz CT molecular complexity index is 298. The number of anilines is 1. The third-order valence-corrected chi connectivity index (χ3v) is 3.70. The van der Waals surface area contributed by atoms with Gasteiger partial charge in [-0.3, -0.25) is 4.57 Å². The largest absolute Gasteiger partial charge is 0.368 e. The summed E-state index contributed by atoms with van der Waals surface area (Å²) in [5.74, 6) is 1.60. The van der Waals surface area contributed by atoms with Gasteiger partial charge in [-0.2, -0.15) is 0 Å². The van der Waals surface area contributed by atoms with Crippen LogP contribution in [-0.2, 0) is 7.05 Å². The zero-order valence-corrected chi connectivity index (χ0v) is 11.1. The fraction of sp³-hybridized carbons (Fsp3) is 0.818. The monoisotopic (exact) mass is 242 g/mol. The molecule has 0 aliphatic heterocycles. The van der Waals surface area contributed by atoms with Gasteiger partial charge >= 0.3 is 0 Å². The topological polar surface area (TPSA) is 56.7 Å². The predicted molar refractivity (Wildman–Crippen MR) is 69.5 cm³/mol. The van der Waals surface area contributed by atoms with Crippen LogP contribution in [0.4, 0.5) is 5.95 Å². The van der Waals surface area contributed by atoms with Crippen LogP contribution in [0.15, 0.2) is 5.16 Å². The lowest BCUT2D eigenvalue weighted by atomic mass is 10.1. The van der Waals surface area contributed by atoms with Crippen LogP contribution in [0.3, 0.4) is 0 Å². The van der Waals surface area contributed by atoms with Crippen LogP contribution in [0, 0.1) is 0 Å². The number of thioether (sulfide) groups is 1. The van der Waals surface area contributed by atoms with Crippen molar-refractivity contribution >= 4 is 17.7 Å². The Kier molecular flexibility index (Phi) is 6.30. The van der Waals surface area contributed by atoms with Gasteiger partial charge in [0.05, 0.1) is 0 Å². The van der Waals surface area contributed by atoms with E-state index in [1.54, 1.807) is 11.8 Å². The minimum atomic E-state index is 0.491. The van der Waals surface area contributed by atoms with Crippen LogP contribution in [-0.4, -0.2) is 20.5 Å². The van der Waals surface area contributed by atoms with Gasteiger partial charge in [-0.15, -0.1) is 10.2 Å². The van der Waals surface area contributed by atoms with Crippen molar-refractivity contribution < 1.29 is 0 Å². The number of nitrogens with two attached hydrogens (primary N) is 1. The number of nitrogens with zero attached hydrogens (tertiary/aromatic N) is 3. The van der Waals surface area contributed by atoms with Crippen LogP contribution in [0.25, 0.3) is 0 Å². The van der Waals surface area contributed by atoms with Gasteiger partial charge in [-0.05, 0) is 6.42 Å². The van der Waals surface area contributed by atoms with E-state index in [1.807, 2.05) is 11.6 Å². The summed E-state index contributed by atoms with van der Waals surface area (Å²) >= 11 is 1.74. The molecule has 92 valence electrons. The first-order valence-electron chi connectivity index (χ1n) is 6.03. The Labute approximate surface area is 102 Å². The van der Waals surface area contributed by atoms with Crippen molar-refractivity contribution in [2.45, 2.75) is 50.6 Å². The van der Waals surface area contributed by atoms with Gasteiger partial charge < -0.3 is 5.73 Å². The molecule has 1 heterocycles. The van der Waals surface area contributed by atoms with Gasteiger partial charge in [0, 0.05) is 12.8 Å². The average molecular weight is 242 g/mol. The first-order chi connectivity index (χ1) is 7.75. The molecule has 0 amide bonds. The third kappa shape index (κ3) is 4.43. The molecule has 0 aliphatic carbocycles. The first kappa shape index (κ1) is 13.4. The smallest absolute Gasteiger partial charge is 0.222 e. The highest BCUT2D eigenvalue weighted by molar-refractivity contribution is 7.99. The average Bonchev–Trinajstić information content (AvgIpc) is 2.59. The van der Waals surface area contributed by atoms with Crippen LogP contribution < -0.4 is 5.73 Å². The molecule has 0 saturated carbocycles. The summed E-state index contributed by atoms with van der Waals surface area (Å²) in [6.07, 6.45) is 7.98. The SMILES string of the molecule is CCCCCCCCSc1nnc(N)n1C. The van der Waals surface area contributed by atoms with Crippen molar-refractivity contribution in [1.82, 2.24) is 14.8 Å². The van der Waals surface area contributed by atoms with Crippen molar-refractivity contribution in [2.24, 2.45) is 7.05 Å². The molecule has 1 aromatic heterocycles. The van der Waals surface area contributed by atoms with E-state index in [0.29, 0.717) is 5.95 Å². The molecule has 0 fully saturated rings. The summed E-state index contributed by atoms with van der Waals surface area (Å²) in [5.41, 5.74) is 5.60. The second kappa shape index (κ2) is 7.54. The number of rotatable bonds is 8. The van der Waals surface area contributed by atoms with Gasteiger partial charge in [-0.1, -0.05) is 50.8 Å². The van der Waals surface area contributed by atoms with E-state index in [-0.39, 0.29) is 0 Å². The van der Waals surface area contributed by atoms with E-state index in [9.17, 15) is 0 Å². The van der Waals surface area contributed by atoms with E-state index < -0.39 is 0 Å². The summed E-state index contributed by atoms with van der Waals surface area (Å²) in [5, 5.41) is 8.76. The highest BCUT2D eigenvalue weighted by Crippen LogP contribution is 2.18. The molecule has 0 unspecified atom stereocenters. The number of hydrogen-bond acceptors (Lipinski definition) is 4. The van der Waals surface area contributed by atoms with E-state index in [0.717, 1.165) is 10.9 Å². The van der Waals surface area contributed by atoms with Crippen LogP contribution in [0.2, 0.25) is 0 Å². The van der Waals surface area contributed by atoms with E-state index in [2.05, 4.69) is 17.1 Å². The minimum Gasteiger partial charge on any atom is -0.368 e. The molecule has 0 aliphatic rings. The molecule has 2 N–H and O–H groups in total. The van der Waals surface area contributed by atoms with Crippen LogP contribution in [0.5, 0.6) is 0 Å². The molecular weight excluding hydrogens is 220 g/mol. The van der Waals surface area contributed by atoms with Crippen molar-refractivity contribution in [3.63, 3.8) is 0 Å². The normalized spacial score (nSPS) is 10.9. The Morgan fingerprint density at radius 1 is 1.12 bits per heavy atom. The standard InChI is InChI=1S/C11H22N4S/c1-3-4-5-6-7-8-9-16-11-14-13-10(12)15(11)2/h3-9H2,1-2H3,(H2,12,13). The quantitative estimate of drug-likeness (QED) is 0.562. The number of aromatic nitrogens is 3. The molecule has 1 aromatic rings. The Hall–Kier alpha value is -0.710. The maximum absolute atomic E-state index is 5.60. The van der Waals surface area contributed by atoms with Gasteiger partial charge in [0.25, 0.3) is 0 Å². The molecule has 0 bridgehead atoms. The summed E-state index contributed by atoms with van der Waals surface area (Å²) < 4.78 is 1.84. The summed E-state index contributed by atoms with van der Waals surface area (Å²) in [6.45, 7) is 2.24. The highest BCUT2D eigenvalue weighted by atomic mass is 32.2. The van der Waals surface area contributed by atoms with Gasteiger partial charge in [0.2, 0.25) is 5.95 Å². The Morgan fingerprint density at radius 2 is 1.81 bits per heavy atom. The number of hydrogen-bond donors (Lipinski definition) is 1. The molecule has 0 spiro atoms. The van der Waals surface area contributed by atoms with Crippen LogP contribution >= 0.6 is 11.8 Å². The number of unbranched alkanes of at least 4 members (excludes halogenated alkanes) is 5. The fourth-order valence-electron chi connectivity index (χ4n) is 1.50. The maximum atomic E-state index is 5.60. The summed E-state index contributed by atoms with van der Waals surface area (Å²) in [7, 11) is 1.90. The zero-order valence-electron chi connectivity index (χ0n) is 10.3. The first-order valence-corrected chi connectivity index (χ1v) is 7.02. The van der Waals surface area contributed by atoms with Gasteiger partial charge in [-0.25, -0.2) is 0 Å². The molecule has 4 nitrogen and oxygen atoms in total. The molecule has 5 heteroatoms. The molecule has 0 saturated heterocycles. The lowest BCUT2D eigenvalue weighted by molar-refractivity contribution is 0.626. The molecule has 0 atom stereocenters. The lowest BCUT2D eigenvalue weighted by Crippen LogP contribution is -1.98. The van der Waals surface area contributed by atoms with Crippen molar-refractivity contribution in [3.8, 4) is 0 Å². The Morgan fingerprint density at radius 3 is 2.44 bits per heavy atom. The van der Waals surface area contributed by atoms with Crippen molar-refractivity contribution in [2.75, 3.05) is 11.5 Å². The molecule has 1 rings (SSSR count). The summed E-state index contributed by atoms with van der Waals surface area (Å²) in [6, 6.07) is 0. The number of nitrogen functional groups attached to an aromatic ring is 1. The maximum Gasteiger partial charge on any atom is 0.222 e. The van der Waals surface area contributed by atoms with Crippen molar-refractivity contribution in [1.29, 1.82) is 0 Å². The molecular formula is C11H22N4S. The van der Waals surface area contributed by atoms with E-state index >= 15 is 0 Å². The predicted octanol–water partition coefficient (Wildman–Crippen LogP) is 2.85. The molecule has 0 aromatic carbocycles. The molecule has 0 radical (unpaired) electrons. The fourth-order valence-corrected chi connectivity index (χ4v) is 2.41. The Balaban J connectivity index is 2.05. The highest BCUT2D eigenvalue weighted by Gasteiger charge is 2.04. The third-order valence-electron chi connectivity index (χ3n) is 2.60. The van der Waals surface area contributed by atoms with E-state index in [4.69, 9.17) is 5.73 Å². The van der Waals surface area contributed by atoms with E-state index in [1.165, 1.54) is 38.5 Å². The van der Waals surface area contributed by atoms with Gasteiger partial charge in [0.1, 0.15) is 0 Å². The van der Waals surface area contributed by atoms with Crippen LogP contribution in [0.1, 0.15) is 45.4 Å². The lowest BCUT2D eigenvalue weighted by Gasteiger charge is -2.01. The minimum absolute atomic E-state index is 0.491. The van der Waals surface area contributed by atoms with Gasteiger partial charge in [0.15, 0.2) is 5.16 Å². The summed E-state index contributed by atoms with van der Waals surface area (Å²) in [4.78, 5) is 0. The molecule has 16 heavy (non-hydrogen) atoms. The van der Waals surface area contributed by atoms with Crippen molar-refractivity contribution in [3.05, 3.63) is 0 Å². The second-order valence-electron chi connectivity index (χ2n) is 4.02. The zero-order chi connectivity index (χ0) is 11.8.